The molecule has 8 heteroatoms. The number of anilines is 1. The average Bonchev–Trinajstić information content (AvgIpc) is 3.37. The lowest BCUT2D eigenvalue weighted by molar-refractivity contribution is -0.473. The van der Waals surface area contributed by atoms with Crippen LogP contribution in [-0.2, 0) is 19.8 Å². The molecule has 34 heavy (non-hydrogen) atoms. The first-order valence-electron chi connectivity index (χ1n) is 11.7. The topological polar surface area (TPSA) is 96.6 Å². The largest absolute Gasteiger partial charge is 0.353 e. The summed E-state index contributed by atoms with van der Waals surface area (Å²) in [6.45, 7) is 7.14. The maximum absolute atomic E-state index is 13.9. The summed E-state index contributed by atoms with van der Waals surface area (Å²) in [5.74, 6) is -0.678. The predicted octanol–water partition coefficient (Wildman–Crippen LogP) is 0.726. The Balaban J connectivity index is 1.80. The zero-order valence-electron chi connectivity index (χ0n) is 20.0. The fourth-order valence-electron chi connectivity index (χ4n) is 4.39. The maximum Gasteiger partial charge on any atom is 0.296 e. The summed E-state index contributed by atoms with van der Waals surface area (Å²) in [6.07, 6.45) is 6.58. The van der Waals surface area contributed by atoms with Gasteiger partial charge in [0, 0.05) is 49.6 Å². The van der Waals surface area contributed by atoms with Crippen molar-refractivity contribution >= 4 is 29.6 Å². The van der Waals surface area contributed by atoms with Crippen molar-refractivity contribution in [3.63, 3.8) is 0 Å². The molecule has 0 saturated carbocycles. The molecule has 3 amide bonds. The van der Waals surface area contributed by atoms with E-state index in [0.717, 1.165) is 12.0 Å². The summed E-state index contributed by atoms with van der Waals surface area (Å²) in [4.78, 5) is 50.3. The number of carbonyl (C=O) groups is 3. The van der Waals surface area contributed by atoms with Crippen LogP contribution in [0.3, 0.4) is 0 Å². The Kier molecular flexibility index (Phi) is 6.77. The molecule has 2 atom stereocenters. The number of aromatic nitrogens is 1. The Hall–Kier alpha value is -3.55. The van der Waals surface area contributed by atoms with E-state index in [2.05, 4.69) is 36.1 Å². The van der Waals surface area contributed by atoms with E-state index in [0.29, 0.717) is 30.8 Å². The third-order valence-corrected chi connectivity index (χ3v) is 6.31. The van der Waals surface area contributed by atoms with Crippen LogP contribution < -0.4 is 15.2 Å². The molecule has 3 heterocycles. The molecule has 1 fully saturated rings. The van der Waals surface area contributed by atoms with Crippen LogP contribution in [0, 0.1) is 0 Å². The third kappa shape index (κ3) is 5.00. The number of nitrogens with zero attached hydrogens (tertiary/aromatic N) is 3. The van der Waals surface area contributed by atoms with Crippen LogP contribution in [0.15, 0.2) is 48.8 Å². The molecular weight excluding hydrogens is 430 g/mol. The Morgan fingerprint density at radius 3 is 2.56 bits per heavy atom. The van der Waals surface area contributed by atoms with Crippen LogP contribution in [0.2, 0.25) is 0 Å². The van der Waals surface area contributed by atoms with Gasteiger partial charge in [-0.05, 0) is 29.2 Å². The molecular formula is C26H32N5O3+. The molecule has 2 aliphatic heterocycles. The van der Waals surface area contributed by atoms with Crippen molar-refractivity contribution < 1.29 is 19.4 Å². The number of hydrogen-bond donors (Lipinski definition) is 2. The average molecular weight is 463 g/mol. The van der Waals surface area contributed by atoms with E-state index in [1.54, 1.807) is 29.4 Å². The molecule has 2 N–H and O–H groups in total. The van der Waals surface area contributed by atoms with Crippen molar-refractivity contribution in [3.8, 4) is 0 Å². The first-order chi connectivity index (χ1) is 16.3. The molecule has 1 unspecified atom stereocenters. The number of benzene rings is 1. The van der Waals surface area contributed by atoms with Gasteiger partial charge in [-0.25, -0.2) is 4.99 Å². The van der Waals surface area contributed by atoms with Gasteiger partial charge >= 0.3 is 0 Å². The Labute approximate surface area is 200 Å². The summed E-state index contributed by atoms with van der Waals surface area (Å²) in [7, 11) is 0. The highest BCUT2D eigenvalue weighted by Crippen LogP contribution is 2.32. The van der Waals surface area contributed by atoms with E-state index in [-0.39, 0.29) is 29.7 Å². The Morgan fingerprint density at radius 1 is 1.21 bits per heavy atom. The molecule has 8 nitrogen and oxygen atoms in total. The Morgan fingerprint density at radius 2 is 1.97 bits per heavy atom. The van der Waals surface area contributed by atoms with Crippen molar-refractivity contribution in [1.82, 2.24) is 15.2 Å². The zero-order chi connectivity index (χ0) is 24.3. The lowest BCUT2D eigenvalue weighted by Gasteiger charge is -2.36. The van der Waals surface area contributed by atoms with Gasteiger partial charge in [0.25, 0.3) is 11.8 Å². The number of nitrogens with one attached hydrogen (secondary N) is 2. The second-order valence-corrected chi connectivity index (χ2v) is 9.80. The highest BCUT2D eigenvalue weighted by atomic mass is 16.2. The maximum atomic E-state index is 13.9. The van der Waals surface area contributed by atoms with Gasteiger partial charge < -0.3 is 10.2 Å². The lowest BCUT2D eigenvalue weighted by atomic mass is 9.87. The number of hydrogen-bond acceptors (Lipinski definition) is 4. The second kappa shape index (κ2) is 9.75. The lowest BCUT2D eigenvalue weighted by Crippen LogP contribution is -2.77. The number of rotatable bonds is 5. The van der Waals surface area contributed by atoms with E-state index in [1.165, 1.54) is 4.90 Å². The van der Waals surface area contributed by atoms with E-state index in [1.807, 2.05) is 30.5 Å². The SMILES string of the molecule is CC(C)(C)c1ccc(N(C(=O)[C@H]2CCC=[NH+]2)C(C(=O)N2CCNC(=O)C2)c2cccnc2)cc1. The summed E-state index contributed by atoms with van der Waals surface area (Å²) in [6, 6.07) is 10.0. The van der Waals surface area contributed by atoms with E-state index in [4.69, 9.17) is 0 Å². The van der Waals surface area contributed by atoms with Gasteiger partial charge in [0.2, 0.25) is 11.9 Å². The fourth-order valence-corrected chi connectivity index (χ4v) is 4.39. The van der Waals surface area contributed by atoms with Gasteiger partial charge in [0.1, 0.15) is 12.3 Å². The van der Waals surface area contributed by atoms with Gasteiger partial charge in [-0.15, -0.1) is 0 Å². The van der Waals surface area contributed by atoms with E-state index < -0.39 is 12.1 Å². The molecule has 0 spiro atoms. The van der Waals surface area contributed by atoms with Crippen molar-refractivity contribution in [2.45, 2.75) is 51.1 Å². The smallest absolute Gasteiger partial charge is 0.296 e. The van der Waals surface area contributed by atoms with E-state index >= 15 is 0 Å². The molecule has 1 aromatic carbocycles. The number of pyridine rings is 1. The number of carbonyl (C=O) groups excluding carboxylic acids is 3. The van der Waals surface area contributed by atoms with Gasteiger partial charge in [-0.1, -0.05) is 39.0 Å². The zero-order valence-corrected chi connectivity index (χ0v) is 20.0. The quantitative estimate of drug-likeness (QED) is 0.685. The normalized spacial score (nSPS) is 19.0. The molecule has 2 aliphatic rings. The number of amides is 3. The predicted molar refractivity (Wildman–Crippen MR) is 129 cm³/mol. The first kappa shape index (κ1) is 23.6. The van der Waals surface area contributed by atoms with Crippen LogP contribution >= 0.6 is 0 Å². The molecule has 1 aromatic heterocycles. The molecule has 178 valence electrons. The highest BCUT2D eigenvalue weighted by molar-refractivity contribution is 6.04. The Bertz CT molecular complexity index is 1080. The van der Waals surface area contributed by atoms with Crippen LogP contribution in [-0.4, -0.2) is 59.5 Å². The van der Waals surface area contributed by atoms with Crippen LogP contribution in [0.25, 0.3) is 0 Å². The van der Waals surface area contributed by atoms with Gasteiger partial charge in [-0.3, -0.25) is 24.3 Å². The minimum Gasteiger partial charge on any atom is -0.353 e. The second-order valence-electron chi connectivity index (χ2n) is 9.80. The highest BCUT2D eigenvalue weighted by Gasteiger charge is 2.41. The molecule has 4 rings (SSSR count). The fraction of sp³-hybridized carbons (Fsp3) is 0.423. The molecule has 2 aromatic rings. The monoisotopic (exact) mass is 462 g/mol. The standard InChI is InChI=1S/C26H31N5O3/c1-26(2,3)19-8-10-20(11-9-19)31(24(33)21-7-5-13-28-21)23(18-6-4-12-27-16-18)25(34)30-15-14-29-22(32)17-30/h4,6,8-13,16,21,23H,5,7,14-15,17H2,1-3H3,(H,29,32)/p+1/t21-,23?/m1/s1. The molecule has 0 radical (unpaired) electrons. The van der Waals surface area contributed by atoms with Crippen molar-refractivity contribution in [3.05, 3.63) is 59.9 Å². The summed E-state index contributed by atoms with van der Waals surface area (Å²) >= 11 is 0. The first-order valence-corrected chi connectivity index (χ1v) is 11.7. The third-order valence-electron chi connectivity index (χ3n) is 6.31. The van der Waals surface area contributed by atoms with Crippen molar-refractivity contribution in [2.75, 3.05) is 24.5 Å². The van der Waals surface area contributed by atoms with Gasteiger partial charge in [-0.2, -0.15) is 0 Å². The van der Waals surface area contributed by atoms with Crippen molar-refractivity contribution in [2.24, 2.45) is 0 Å². The summed E-state index contributed by atoms with van der Waals surface area (Å²) in [5, 5.41) is 2.75. The molecule has 0 bridgehead atoms. The van der Waals surface area contributed by atoms with Crippen LogP contribution in [0.5, 0.6) is 0 Å². The van der Waals surface area contributed by atoms with Crippen LogP contribution in [0.1, 0.15) is 50.8 Å². The summed E-state index contributed by atoms with van der Waals surface area (Å²) < 4.78 is 0. The van der Waals surface area contributed by atoms with Crippen LogP contribution in [0.4, 0.5) is 5.69 Å². The number of piperazine rings is 1. The van der Waals surface area contributed by atoms with Crippen molar-refractivity contribution in [1.29, 1.82) is 0 Å². The molecule has 0 aliphatic carbocycles. The minimum absolute atomic E-state index is 0.0317. The summed E-state index contributed by atoms with van der Waals surface area (Å²) in [5.41, 5.74) is 2.33. The van der Waals surface area contributed by atoms with E-state index in [9.17, 15) is 14.4 Å². The minimum atomic E-state index is -0.935. The molecule has 1 saturated heterocycles. The van der Waals surface area contributed by atoms with Gasteiger partial charge in [0.05, 0.1) is 6.54 Å². The van der Waals surface area contributed by atoms with Gasteiger partial charge in [0.15, 0.2) is 0 Å².